The molecule has 0 radical (unpaired) electrons. The summed E-state index contributed by atoms with van der Waals surface area (Å²) in [6, 6.07) is 5.95. The van der Waals surface area contributed by atoms with Crippen LogP contribution in [0.5, 0.6) is 5.75 Å². The number of H-pyrrole nitrogens is 1. The Balaban J connectivity index is 2.71. The number of sulfone groups is 1. The molecular formula is C12H8Br2F3NO3S. The molecule has 0 aliphatic rings. The lowest BCUT2D eigenvalue weighted by molar-refractivity contribution is -0.0436. The van der Waals surface area contributed by atoms with Crippen molar-refractivity contribution in [1.82, 2.24) is 4.98 Å². The van der Waals surface area contributed by atoms with E-state index >= 15 is 0 Å². The topological polar surface area (TPSA) is 59.2 Å². The Morgan fingerprint density at radius 2 is 1.68 bits per heavy atom. The van der Waals surface area contributed by atoms with E-state index in [9.17, 15) is 21.6 Å². The molecule has 22 heavy (non-hydrogen) atoms. The molecular weight excluding hydrogens is 455 g/mol. The van der Waals surface area contributed by atoms with Gasteiger partial charge in [0.25, 0.3) is 9.84 Å². The lowest BCUT2D eigenvalue weighted by Crippen LogP contribution is -2.23. The van der Waals surface area contributed by atoms with Crippen molar-refractivity contribution < 1.29 is 26.3 Å². The zero-order valence-corrected chi connectivity index (χ0v) is 14.8. The van der Waals surface area contributed by atoms with Crippen molar-refractivity contribution in [2.75, 3.05) is 7.11 Å². The molecule has 0 fully saturated rings. The molecule has 0 atom stereocenters. The highest BCUT2D eigenvalue weighted by Crippen LogP contribution is 2.43. The molecule has 4 nitrogen and oxygen atoms in total. The lowest BCUT2D eigenvalue weighted by atomic mass is 10.1. The Hall–Kier alpha value is -1.00. The molecule has 2 aromatic rings. The van der Waals surface area contributed by atoms with Crippen LogP contribution in [0.15, 0.2) is 38.2 Å². The third-order valence-electron chi connectivity index (χ3n) is 2.81. The molecule has 0 aliphatic heterocycles. The summed E-state index contributed by atoms with van der Waals surface area (Å²) in [5.41, 5.74) is -5.30. The number of ether oxygens (including phenoxy) is 1. The Labute approximate surface area is 140 Å². The standard InChI is InChI=1S/C12H8Br2F3NO3S/c1-21-7-4-2-6(3-5-7)9-10(8(13)11(14)18-9)22(19,20)12(15,16)17/h2-5,18H,1H3. The van der Waals surface area contributed by atoms with Gasteiger partial charge in [0.05, 0.1) is 21.9 Å². The minimum Gasteiger partial charge on any atom is -0.497 e. The zero-order valence-electron chi connectivity index (χ0n) is 10.8. The fourth-order valence-electron chi connectivity index (χ4n) is 1.76. The number of benzene rings is 1. The van der Waals surface area contributed by atoms with Crippen molar-refractivity contribution in [3.63, 3.8) is 0 Å². The Bertz CT molecular complexity index is 798. The van der Waals surface area contributed by atoms with Gasteiger partial charge >= 0.3 is 5.51 Å². The predicted molar refractivity (Wildman–Crippen MR) is 81.4 cm³/mol. The highest BCUT2D eigenvalue weighted by Gasteiger charge is 2.50. The summed E-state index contributed by atoms with van der Waals surface area (Å²) in [7, 11) is -4.08. The number of halogens is 5. The van der Waals surface area contributed by atoms with E-state index in [0.29, 0.717) is 5.75 Å². The maximum absolute atomic E-state index is 12.9. The summed E-state index contributed by atoms with van der Waals surface area (Å²) in [6.07, 6.45) is 0. The van der Waals surface area contributed by atoms with Crippen molar-refractivity contribution in [2.45, 2.75) is 10.4 Å². The molecule has 0 amide bonds. The van der Waals surface area contributed by atoms with Gasteiger partial charge in [-0.25, -0.2) is 8.42 Å². The Morgan fingerprint density at radius 3 is 2.14 bits per heavy atom. The highest BCUT2D eigenvalue weighted by molar-refractivity contribution is 9.13. The third kappa shape index (κ3) is 2.91. The molecule has 2 rings (SSSR count). The first-order chi connectivity index (χ1) is 10.1. The van der Waals surface area contributed by atoms with E-state index < -0.39 is 20.2 Å². The molecule has 1 heterocycles. The van der Waals surface area contributed by atoms with Crippen molar-refractivity contribution in [3.8, 4) is 17.0 Å². The largest absolute Gasteiger partial charge is 0.502 e. The van der Waals surface area contributed by atoms with Gasteiger partial charge in [0, 0.05) is 0 Å². The van der Waals surface area contributed by atoms with Crippen LogP contribution in [0.25, 0.3) is 11.3 Å². The number of nitrogens with one attached hydrogen (secondary N) is 1. The molecule has 0 aliphatic carbocycles. The van der Waals surface area contributed by atoms with Crippen LogP contribution in [0.3, 0.4) is 0 Å². The van der Waals surface area contributed by atoms with Gasteiger partial charge in [0.15, 0.2) is 0 Å². The summed E-state index contributed by atoms with van der Waals surface area (Å²) >= 11 is 5.87. The SMILES string of the molecule is COc1ccc(-c2[nH]c(Br)c(Br)c2S(=O)(=O)C(F)(F)F)cc1. The second kappa shape index (κ2) is 5.89. The van der Waals surface area contributed by atoms with E-state index in [1.165, 1.54) is 31.4 Å². The average molecular weight is 463 g/mol. The number of aromatic nitrogens is 1. The molecule has 0 saturated carbocycles. The van der Waals surface area contributed by atoms with Gasteiger partial charge in [-0.1, -0.05) is 0 Å². The highest BCUT2D eigenvalue weighted by atomic mass is 79.9. The van der Waals surface area contributed by atoms with Crippen molar-refractivity contribution in [3.05, 3.63) is 33.3 Å². The number of alkyl halides is 3. The number of rotatable bonds is 3. The van der Waals surface area contributed by atoms with Gasteiger partial charge in [0.1, 0.15) is 10.6 Å². The Kier molecular flexibility index (Phi) is 4.65. The molecule has 1 aromatic heterocycles. The normalized spacial score (nSPS) is 12.5. The fourth-order valence-corrected chi connectivity index (χ4v) is 4.23. The van der Waals surface area contributed by atoms with Gasteiger partial charge in [-0.2, -0.15) is 13.2 Å². The summed E-state index contributed by atoms with van der Waals surface area (Å²) in [4.78, 5) is 1.73. The van der Waals surface area contributed by atoms with Crippen LogP contribution < -0.4 is 4.74 Å². The maximum Gasteiger partial charge on any atom is 0.502 e. The molecule has 0 spiro atoms. The maximum atomic E-state index is 12.9. The van der Waals surface area contributed by atoms with Crippen LogP contribution in [0.2, 0.25) is 0 Å². The quantitative estimate of drug-likeness (QED) is 0.730. The molecule has 0 unspecified atom stereocenters. The summed E-state index contributed by atoms with van der Waals surface area (Å²) in [6.45, 7) is 0. The monoisotopic (exact) mass is 461 g/mol. The van der Waals surface area contributed by atoms with Gasteiger partial charge in [-0.3, -0.25) is 0 Å². The second-order valence-electron chi connectivity index (χ2n) is 4.13. The number of aromatic amines is 1. The van der Waals surface area contributed by atoms with E-state index in [4.69, 9.17) is 4.74 Å². The first-order valence-corrected chi connectivity index (χ1v) is 8.69. The van der Waals surface area contributed by atoms with Crippen LogP contribution in [0.1, 0.15) is 0 Å². The molecule has 1 aromatic carbocycles. The molecule has 1 N–H and O–H groups in total. The summed E-state index contributed by atoms with van der Waals surface area (Å²) in [5, 5.41) is 0. The summed E-state index contributed by atoms with van der Waals surface area (Å²) < 4.78 is 67.0. The number of hydrogen-bond donors (Lipinski definition) is 1. The van der Waals surface area contributed by atoms with Crippen molar-refractivity contribution >= 4 is 41.7 Å². The van der Waals surface area contributed by atoms with Crippen LogP contribution in [0.4, 0.5) is 13.2 Å². The van der Waals surface area contributed by atoms with Gasteiger partial charge < -0.3 is 9.72 Å². The summed E-state index contributed by atoms with van der Waals surface area (Å²) in [5.74, 6) is 0.494. The van der Waals surface area contributed by atoms with E-state index in [2.05, 4.69) is 36.8 Å². The molecule has 0 saturated heterocycles. The van der Waals surface area contributed by atoms with E-state index in [-0.39, 0.29) is 20.3 Å². The van der Waals surface area contributed by atoms with Gasteiger partial charge in [0.2, 0.25) is 0 Å². The second-order valence-corrected chi connectivity index (χ2v) is 7.60. The predicted octanol–water partition coefficient (Wildman–Crippen LogP) is 4.51. The Morgan fingerprint density at radius 1 is 1.14 bits per heavy atom. The van der Waals surface area contributed by atoms with Crippen LogP contribution in [-0.4, -0.2) is 26.0 Å². The van der Waals surface area contributed by atoms with Crippen LogP contribution >= 0.6 is 31.9 Å². The van der Waals surface area contributed by atoms with Crippen molar-refractivity contribution in [1.29, 1.82) is 0 Å². The zero-order chi connectivity index (χ0) is 16.7. The molecule has 10 heteroatoms. The molecule has 0 bridgehead atoms. The number of methoxy groups -OCH3 is 1. The minimum absolute atomic E-state index is 0.0983. The van der Waals surface area contributed by atoms with Gasteiger partial charge in [-0.15, -0.1) is 0 Å². The first-order valence-electron chi connectivity index (χ1n) is 5.62. The first kappa shape index (κ1) is 17.4. The van der Waals surface area contributed by atoms with E-state index in [1.54, 1.807) is 0 Å². The minimum atomic E-state index is -5.52. The van der Waals surface area contributed by atoms with E-state index in [0.717, 1.165) is 0 Å². The van der Waals surface area contributed by atoms with E-state index in [1.807, 2.05) is 0 Å². The van der Waals surface area contributed by atoms with Gasteiger partial charge in [-0.05, 0) is 61.7 Å². The van der Waals surface area contributed by atoms with Crippen molar-refractivity contribution in [2.24, 2.45) is 0 Å². The van der Waals surface area contributed by atoms with Crippen LogP contribution in [0, 0.1) is 0 Å². The molecule has 120 valence electrons. The number of hydrogen-bond acceptors (Lipinski definition) is 3. The van der Waals surface area contributed by atoms with Crippen LogP contribution in [-0.2, 0) is 9.84 Å². The lowest BCUT2D eigenvalue weighted by Gasteiger charge is -2.10. The fraction of sp³-hybridized carbons (Fsp3) is 0.167. The third-order valence-corrected chi connectivity index (χ3v) is 6.54. The average Bonchev–Trinajstić information content (AvgIpc) is 2.74. The smallest absolute Gasteiger partial charge is 0.497 e.